The number of fused-ring (bicyclic) bond motifs is 1. The van der Waals surface area contributed by atoms with Gasteiger partial charge in [-0.2, -0.15) is 0 Å². The van der Waals surface area contributed by atoms with E-state index in [2.05, 4.69) is 6.07 Å². The fourth-order valence-corrected chi connectivity index (χ4v) is 4.37. The third-order valence-corrected chi connectivity index (χ3v) is 6.52. The molecule has 0 unspecified atom stereocenters. The number of likely N-dealkylation sites (tertiary alicyclic amines) is 1. The monoisotopic (exact) mass is 401 g/mol. The summed E-state index contributed by atoms with van der Waals surface area (Å²) >= 11 is 0. The van der Waals surface area contributed by atoms with Gasteiger partial charge in [-0.25, -0.2) is 8.42 Å². The van der Waals surface area contributed by atoms with Crippen LogP contribution < -0.4 is 9.47 Å². The van der Waals surface area contributed by atoms with Gasteiger partial charge >= 0.3 is 0 Å². The van der Waals surface area contributed by atoms with Crippen molar-refractivity contribution in [2.45, 2.75) is 30.1 Å². The number of benzene rings is 2. The van der Waals surface area contributed by atoms with Crippen molar-refractivity contribution >= 4 is 15.7 Å². The van der Waals surface area contributed by atoms with E-state index in [1.54, 1.807) is 24.3 Å². The molecular weight excluding hydrogens is 378 g/mol. The van der Waals surface area contributed by atoms with Crippen molar-refractivity contribution in [3.8, 4) is 11.5 Å². The lowest BCUT2D eigenvalue weighted by atomic mass is 9.98. The minimum absolute atomic E-state index is 0.135. The molecule has 2 aromatic carbocycles. The molecule has 0 bridgehead atoms. The van der Waals surface area contributed by atoms with Gasteiger partial charge in [0.15, 0.2) is 21.3 Å². The predicted molar refractivity (Wildman–Crippen MR) is 104 cm³/mol. The van der Waals surface area contributed by atoms with Crippen LogP contribution in [0.4, 0.5) is 0 Å². The fraction of sp³-hybridized carbons (Fsp3) is 0.381. The number of amides is 1. The first-order chi connectivity index (χ1) is 13.4. The van der Waals surface area contributed by atoms with Crippen LogP contribution in [0, 0.1) is 0 Å². The van der Waals surface area contributed by atoms with Crippen molar-refractivity contribution in [3.63, 3.8) is 0 Å². The van der Waals surface area contributed by atoms with Gasteiger partial charge in [0.25, 0.3) is 0 Å². The summed E-state index contributed by atoms with van der Waals surface area (Å²) in [6.07, 6.45) is 3.16. The zero-order valence-corrected chi connectivity index (χ0v) is 16.6. The molecule has 2 aliphatic heterocycles. The summed E-state index contributed by atoms with van der Waals surface area (Å²) < 4.78 is 33.8. The molecular formula is C21H23NO5S. The highest BCUT2D eigenvalue weighted by Crippen LogP contribution is 2.37. The molecule has 0 spiro atoms. The van der Waals surface area contributed by atoms with E-state index in [1.807, 2.05) is 17.0 Å². The zero-order chi connectivity index (χ0) is 19.7. The number of ether oxygens (including phenoxy) is 2. The lowest BCUT2D eigenvalue weighted by molar-refractivity contribution is -0.130. The van der Waals surface area contributed by atoms with Gasteiger partial charge in [-0.1, -0.05) is 18.2 Å². The van der Waals surface area contributed by atoms with E-state index in [0.717, 1.165) is 30.0 Å². The quantitative estimate of drug-likeness (QED) is 0.770. The Balaban J connectivity index is 1.32. The van der Waals surface area contributed by atoms with Gasteiger partial charge in [0.1, 0.15) is 0 Å². The molecule has 0 radical (unpaired) electrons. The zero-order valence-electron chi connectivity index (χ0n) is 15.8. The highest BCUT2D eigenvalue weighted by atomic mass is 32.2. The molecule has 1 amide bonds. The number of hydrogen-bond acceptors (Lipinski definition) is 5. The molecule has 0 N–H and O–H groups in total. The van der Waals surface area contributed by atoms with Crippen molar-refractivity contribution < 1.29 is 22.7 Å². The molecule has 0 saturated carbocycles. The second-order valence-corrected chi connectivity index (χ2v) is 9.37. The molecule has 2 heterocycles. The van der Waals surface area contributed by atoms with Gasteiger partial charge in [0, 0.05) is 31.7 Å². The molecule has 0 aromatic heterocycles. The molecule has 6 nitrogen and oxygen atoms in total. The number of carbonyl (C=O) groups excluding carboxylic acids is 1. The lowest BCUT2D eigenvalue weighted by Gasteiger charge is -2.17. The molecule has 1 saturated heterocycles. The van der Waals surface area contributed by atoms with Crippen LogP contribution in [-0.4, -0.2) is 45.4 Å². The van der Waals surface area contributed by atoms with E-state index < -0.39 is 9.84 Å². The molecule has 7 heteroatoms. The molecule has 0 aliphatic carbocycles. The standard InChI is InChI=1S/C21H23NO5S/c1-28(24,25)18-6-2-15(3-7-18)4-9-21(23)22-11-10-17(13-22)16-5-8-19-20(12-16)27-14-26-19/h2-3,5-8,12,17H,4,9-11,13-14H2,1H3/t17-/m1/s1. The number of carbonyl (C=O) groups is 1. The van der Waals surface area contributed by atoms with Crippen molar-refractivity contribution in [3.05, 3.63) is 53.6 Å². The topological polar surface area (TPSA) is 72.9 Å². The summed E-state index contributed by atoms with van der Waals surface area (Å²) in [5.74, 6) is 2.00. The summed E-state index contributed by atoms with van der Waals surface area (Å²) in [6, 6.07) is 12.8. The first kappa shape index (κ1) is 18.8. The molecule has 1 fully saturated rings. The molecule has 2 aromatic rings. The third kappa shape index (κ3) is 3.99. The highest BCUT2D eigenvalue weighted by Gasteiger charge is 2.28. The van der Waals surface area contributed by atoms with Gasteiger partial charge in [0.05, 0.1) is 4.90 Å². The van der Waals surface area contributed by atoms with Crippen LogP contribution >= 0.6 is 0 Å². The van der Waals surface area contributed by atoms with E-state index >= 15 is 0 Å². The van der Waals surface area contributed by atoms with Crippen LogP contribution in [0.5, 0.6) is 11.5 Å². The molecule has 1 atom stereocenters. The summed E-state index contributed by atoms with van der Waals surface area (Å²) in [7, 11) is -3.19. The molecule has 4 rings (SSSR count). The Labute approximate surface area is 165 Å². The Morgan fingerprint density at radius 3 is 2.61 bits per heavy atom. The Morgan fingerprint density at radius 2 is 1.86 bits per heavy atom. The SMILES string of the molecule is CS(=O)(=O)c1ccc(CCC(=O)N2CC[C@@H](c3ccc4c(c3)OCO4)C2)cc1. The Bertz CT molecular complexity index is 984. The van der Waals surface area contributed by atoms with E-state index in [-0.39, 0.29) is 12.7 Å². The Morgan fingerprint density at radius 1 is 1.11 bits per heavy atom. The number of hydrogen-bond donors (Lipinski definition) is 0. The summed E-state index contributed by atoms with van der Waals surface area (Å²) in [5, 5.41) is 0. The fourth-order valence-electron chi connectivity index (χ4n) is 3.74. The smallest absolute Gasteiger partial charge is 0.231 e. The van der Waals surface area contributed by atoms with Crippen LogP contribution in [0.15, 0.2) is 47.4 Å². The first-order valence-electron chi connectivity index (χ1n) is 9.36. The van der Waals surface area contributed by atoms with Gasteiger partial charge in [-0.15, -0.1) is 0 Å². The van der Waals surface area contributed by atoms with Gasteiger partial charge in [-0.05, 0) is 48.2 Å². The average Bonchev–Trinajstić information content (AvgIpc) is 3.34. The third-order valence-electron chi connectivity index (χ3n) is 5.39. The average molecular weight is 401 g/mol. The van der Waals surface area contributed by atoms with E-state index in [1.165, 1.54) is 11.8 Å². The van der Waals surface area contributed by atoms with Gasteiger partial charge in [0.2, 0.25) is 12.7 Å². The maximum absolute atomic E-state index is 12.6. The van der Waals surface area contributed by atoms with Gasteiger partial charge in [-0.3, -0.25) is 4.79 Å². The van der Waals surface area contributed by atoms with Crippen LogP contribution in [0.3, 0.4) is 0 Å². The Kier molecular flexibility index (Phi) is 5.02. The van der Waals surface area contributed by atoms with Crippen LogP contribution in [0.1, 0.15) is 29.9 Å². The predicted octanol–water partition coefficient (Wildman–Crippen LogP) is 2.77. The summed E-state index contributed by atoms with van der Waals surface area (Å²) in [4.78, 5) is 14.8. The second kappa shape index (κ2) is 7.47. The first-order valence-corrected chi connectivity index (χ1v) is 11.3. The normalized spacial score (nSPS) is 18.5. The minimum Gasteiger partial charge on any atom is -0.454 e. The Hall–Kier alpha value is -2.54. The van der Waals surface area contributed by atoms with Crippen molar-refractivity contribution in [1.82, 2.24) is 4.90 Å². The molecule has 148 valence electrons. The van der Waals surface area contributed by atoms with Gasteiger partial charge < -0.3 is 14.4 Å². The largest absolute Gasteiger partial charge is 0.454 e. The van der Waals surface area contributed by atoms with E-state index in [0.29, 0.717) is 30.2 Å². The highest BCUT2D eigenvalue weighted by molar-refractivity contribution is 7.90. The maximum Gasteiger partial charge on any atom is 0.231 e. The minimum atomic E-state index is -3.19. The van der Waals surface area contributed by atoms with Crippen LogP contribution in [-0.2, 0) is 21.1 Å². The molecule has 28 heavy (non-hydrogen) atoms. The van der Waals surface area contributed by atoms with E-state index in [4.69, 9.17) is 9.47 Å². The summed E-state index contributed by atoms with van der Waals surface area (Å²) in [5.41, 5.74) is 2.14. The number of nitrogens with zero attached hydrogens (tertiary/aromatic N) is 1. The number of aryl methyl sites for hydroxylation is 1. The van der Waals surface area contributed by atoms with Crippen LogP contribution in [0.25, 0.3) is 0 Å². The van der Waals surface area contributed by atoms with Crippen molar-refractivity contribution in [2.24, 2.45) is 0 Å². The number of rotatable bonds is 5. The lowest BCUT2D eigenvalue weighted by Crippen LogP contribution is -2.28. The number of sulfone groups is 1. The second-order valence-electron chi connectivity index (χ2n) is 7.35. The maximum atomic E-state index is 12.6. The van der Waals surface area contributed by atoms with Crippen LogP contribution in [0.2, 0.25) is 0 Å². The van der Waals surface area contributed by atoms with Crippen molar-refractivity contribution in [1.29, 1.82) is 0 Å². The molecule has 2 aliphatic rings. The van der Waals surface area contributed by atoms with Crippen molar-refractivity contribution in [2.75, 3.05) is 26.1 Å². The summed E-state index contributed by atoms with van der Waals surface area (Å²) in [6.45, 7) is 1.73. The van der Waals surface area contributed by atoms with E-state index in [9.17, 15) is 13.2 Å².